The van der Waals surface area contributed by atoms with Gasteiger partial charge in [0, 0.05) is 36.9 Å². The van der Waals surface area contributed by atoms with Crippen LogP contribution in [0.4, 0.5) is 20.6 Å². The zero-order valence-electron chi connectivity index (χ0n) is 25.7. The zero-order valence-corrected chi connectivity index (χ0v) is 25.7. The number of aliphatic hydroxyl groups is 1. The summed E-state index contributed by atoms with van der Waals surface area (Å²) in [5, 5.41) is 15.4. The highest BCUT2D eigenvalue weighted by Crippen LogP contribution is 2.31. The molecule has 3 N–H and O–H groups in total. The van der Waals surface area contributed by atoms with Gasteiger partial charge in [0.15, 0.2) is 0 Å². The maximum Gasteiger partial charge on any atom is 0.323 e. The number of rotatable bonds is 9. The van der Waals surface area contributed by atoms with Gasteiger partial charge in [0.1, 0.15) is 17.7 Å². The molecular weight excluding hydrogens is 571 g/mol. The molecule has 3 atom stereocenters. The number of urea groups is 1. The highest BCUT2D eigenvalue weighted by atomic mass is 19.1. The van der Waals surface area contributed by atoms with Crippen molar-refractivity contribution in [2.45, 2.75) is 32.5 Å². The fourth-order valence-corrected chi connectivity index (χ4v) is 5.46. The molecule has 0 bridgehead atoms. The number of aliphatic hydroxyl groups excluding tert-OH is 1. The van der Waals surface area contributed by atoms with E-state index in [-0.39, 0.29) is 24.5 Å². The monoisotopic (exact) mass is 610 g/mol. The van der Waals surface area contributed by atoms with Gasteiger partial charge in [-0.25, -0.2) is 9.18 Å². The van der Waals surface area contributed by atoms with Crippen LogP contribution in [0.25, 0.3) is 11.1 Å². The third-order valence-corrected chi connectivity index (χ3v) is 8.03. The van der Waals surface area contributed by atoms with E-state index in [1.165, 1.54) is 41.0 Å². The summed E-state index contributed by atoms with van der Waals surface area (Å²) < 4.78 is 19.8. The van der Waals surface area contributed by atoms with Crippen LogP contribution in [0.2, 0.25) is 0 Å². The Morgan fingerprint density at radius 1 is 0.978 bits per heavy atom. The van der Waals surface area contributed by atoms with E-state index in [1.54, 1.807) is 23.1 Å². The van der Waals surface area contributed by atoms with E-state index >= 15 is 0 Å². The van der Waals surface area contributed by atoms with Gasteiger partial charge in [-0.1, -0.05) is 61.5 Å². The molecule has 4 aromatic rings. The average Bonchev–Trinajstić information content (AvgIpc) is 3.04. The largest absolute Gasteiger partial charge is 0.488 e. The SMILES string of the molecule is C[C@H](CO)N1C[C@H](C)[C@@H](CN(C)Cc2ccc(-c3ccccc3)cc2)Oc2ccc(NC(=O)Nc3ccc(F)cc3)cc2C1=O. The van der Waals surface area contributed by atoms with Crippen molar-refractivity contribution < 1.29 is 23.8 Å². The van der Waals surface area contributed by atoms with Crippen molar-refractivity contribution in [3.05, 3.63) is 114 Å². The van der Waals surface area contributed by atoms with Gasteiger partial charge in [0.25, 0.3) is 5.91 Å². The second-order valence-corrected chi connectivity index (χ2v) is 11.7. The van der Waals surface area contributed by atoms with Crippen LogP contribution in [0.3, 0.4) is 0 Å². The van der Waals surface area contributed by atoms with E-state index in [0.717, 1.165) is 6.54 Å². The molecule has 0 saturated carbocycles. The summed E-state index contributed by atoms with van der Waals surface area (Å²) in [5.74, 6) is -0.305. The third kappa shape index (κ3) is 8.06. The number of nitrogens with one attached hydrogen (secondary N) is 2. The molecule has 0 spiro atoms. The van der Waals surface area contributed by atoms with Crippen molar-refractivity contribution >= 4 is 23.3 Å². The van der Waals surface area contributed by atoms with E-state index in [2.05, 4.69) is 58.9 Å². The number of halogens is 1. The summed E-state index contributed by atoms with van der Waals surface area (Å²) in [4.78, 5) is 30.3. The van der Waals surface area contributed by atoms with Gasteiger partial charge in [-0.15, -0.1) is 0 Å². The Morgan fingerprint density at radius 3 is 2.31 bits per heavy atom. The molecule has 234 valence electrons. The molecule has 0 aliphatic carbocycles. The number of carbonyl (C=O) groups excluding carboxylic acids is 2. The van der Waals surface area contributed by atoms with Gasteiger partial charge < -0.3 is 25.4 Å². The second-order valence-electron chi connectivity index (χ2n) is 11.7. The Balaban J connectivity index is 1.32. The van der Waals surface area contributed by atoms with Crippen molar-refractivity contribution in [2.75, 3.05) is 37.4 Å². The lowest BCUT2D eigenvalue weighted by molar-refractivity contribution is 0.0341. The Kier molecular flexibility index (Phi) is 10.1. The number of anilines is 2. The summed E-state index contributed by atoms with van der Waals surface area (Å²) in [6, 6.07) is 28.2. The zero-order chi connectivity index (χ0) is 31.9. The average molecular weight is 611 g/mol. The van der Waals surface area contributed by atoms with E-state index in [0.29, 0.717) is 35.8 Å². The summed E-state index contributed by atoms with van der Waals surface area (Å²) in [5.41, 5.74) is 4.64. The van der Waals surface area contributed by atoms with Crippen LogP contribution in [-0.4, -0.2) is 65.7 Å². The molecule has 45 heavy (non-hydrogen) atoms. The number of likely N-dealkylation sites (N-methyl/N-ethyl adjacent to an activating group) is 1. The maximum absolute atomic E-state index is 13.8. The second kappa shape index (κ2) is 14.4. The highest BCUT2D eigenvalue weighted by Gasteiger charge is 2.33. The number of hydrogen-bond donors (Lipinski definition) is 3. The van der Waals surface area contributed by atoms with Crippen LogP contribution in [0.1, 0.15) is 29.8 Å². The topological polar surface area (TPSA) is 94.1 Å². The number of carbonyl (C=O) groups is 2. The molecule has 1 aliphatic rings. The Morgan fingerprint density at radius 2 is 1.62 bits per heavy atom. The van der Waals surface area contributed by atoms with Gasteiger partial charge in [0.05, 0.1) is 18.2 Å². The fourth-order valence-electron chi connectivity index (χ4n) is 5.46. The lowest BCUT2D eigenvalue weighted by atomic mass is 9.99. The van der Waals surface area contributed by atoms with E-state index < -0.39 is 17.9 Å². The molecule has 1 aliphatic heterocycles. The quantitative estimate of drug-likeness (QED) is 0.202. The smallest absolute Gasteiger partial charge is 0.323 e. The van der Waals surface area contributed by atoms with Crippen LogP contribution in [0, 0.1) is 11.7 Å². The van der Waals surface area contributed by atoms with Crippen LogP contribution < -0.4 is 15.4 Å². The third-order valence-electron chi connectivity index (χ3n) is 8.03. The van der Waals surface area contributed by atoms with E-state index in [9.17, 15) is 19.1 Å². The van der Waals surface area contributed by atoms with Gasteiger partial charge >= 0.3 is 6.03 Å². The first-order valence-electron chi connectivity index (χ1n) is 15.1. The lowest BCUT2D eigenvalue weighted by Gasteiger charge is -2.38. The molecule has 1 heterocycles. The molecule has 0 aromatic heterocycles. The van der Waals surface area contributed by atoms with Gasteiger partial charge in [-0.3, -0.25) is 9.69 Å². The molecule has 0 fully saturated rings. The first-order chi connectivity index (χ1) is 21.7. The number of nitrogens with zero attached hydrogens (tertiary/aromatic N) is 2. The number of ether oxygens (including phenoxy) is 1. The van der Waals surface area contributed by atoms with Crippen LogP contribution in [-0.2, 0) is 6.54 Å². The van der Waals surface area contributed by atoms with Crippen molar-refractivity contribution in [3.63, 3.8) is 0 Å². The molecule has 0 radical (unpaired) electrons. The van der Waals surface area contributed by atoms with Crippen LogP contribution in [0.15, 0.2) is 97.1 Å². The Hall–Kier alpha value is -4.73. The number of hydrogen-bond acceptors (Lipinski definition) is 5. The Labute approximate surface area is 263 Å². The minimum Gasteiger partial charge on any atom is -0.488 e. The van der Waals surface area contributed by atoms with Crippen molar-refractivity contribution in [1.29, 1.82) is 0 Å². The van der Waals surface area contributed by atoms with Crippen LogP contribution in [0.5, 0.6) is 5.75 Å². The fraction of sp³-hybridized carbons (Fsp3) is 0.278. The van der Waals surface area contributed by atoms with Crippen molar-refractivity contribution in [3.8, 4) is 16.9 Å². The summed E-state index contributed by atoms with van der Waals surface area (Å²) >= 11 is 0. The summed E-state index contributed by atoms with van der Waals surface area (Å²) in [6.45, 7) is 5.40. The first kappa shape index (κ1) is 31.7. The van der Waals surface area contributed by atoms with Crippen molar-refractivity contribution in [1.82, 2.24) is 9.80 Å². The molecule has 0 saturated heterocycles. The highest BCUT2D eigenvalue weighted by molar-refractivity contribution is 6.02. The molecule has 4 aromatic carbocycles. The van der Waals surface area contributed by atoms with E-state index in [1.807, 2.05) is 32.2 Å². The molecular formula is C36H39FN4O4. The number of fused-ring (bicyclic) bond motifs is 1. The summed E-state index contributed by atoms with van der Waals surface area (Å²) in [7, 11) is 2.05. The number of amides is 3. The minimum atomic E-state index is -0.536. The maximum atomic E-state index is 13.8. The normalized spacial score (nSPS) is 17.1. The standard InChI is InChI=1S/C36H39FN4O4/c1-24-20-41(25(2)23-42)35(43)32-19-31(39-36(44)38-30-15-13-29(37)14-16-30)17-18-33(32)45-34(24)22-40(3)21-26-9-11-28(12-10-26)27-7-5-4-6-8-27/h4-19,24-25,34,42H,20-23H2,1-3H3,(H2,38,39,44)/t24-,25+,34+/m0/s1. The lowest BCUT2D eigenvalue weighted by Crippen LogP contribution is -2.49. The predicted octanol–water partition coefficient (Wildman–Crippen LogP) is 6.49. The molecule has 9 heteroatoms. The molecule has 5 rings (SSSR count). The van der Waals surface area contributed by atoms with Gasteiger partial charge in [0.2, 0.25) is 0 Å². The molecule has 0 unspecified atom stereocenters. The minimum absolute atomic E-state index is 0.0294. The first-order valence-corrected chi connectivity index (χ1v) is 15.1. The Bertz CT molecular complexity index is 1600. The van der Waals surface area contributed by atoms with Crippen LogP contribution >= 0.6 is 0 Å². The predicted molar refractivity (Wildman–Crippen MR) is 175 cm³/mol. The van der Waals surface area contributed by atoms with Crippen molar-refractivity contribution in [2.24, 2.45) is 5.92 Å². The van der Waals surface area contributed by atoms with Gasteiger partial charge in [-0.2, -0.15) is 0 Å². The van der Waals surface area contributed by atoms with Gasteiger partial charge in [-0.05, 0) is 73.1 Å². The number of benzene rings is 4. The molecule has 3 amide bonds. The molecule has 8 nitrogen and oxygen atoms in total. The summed E-state index contributed by atoms with van der Waals surface area (Å²) in [6.07, 6.45) is -0.251. The van der Waals surface area contributed by atoms with E-state index in [4.69, 9.17) is 4.74 Å².